The SMILES string of the molecule is CCC(F)(CC(=O)O)C(F)(F)F. The normalized spacial score (nSPS) is 17.1. The van der Waals surface area contributed by atoms with E-state index in [1.807, 2.05) is 0 Å². The van der Waals surface area contributed by atoms with Crippen LogP contribution in [0.4, 0.5) is 17.6 Å². The summed E-state index contributed by atoms with van der Waals surface area (Å²) in [7, 11) is 0. The zero-order valence-corrected chi connectivity index (χ0v) is 6.28. The summed E-state index contributed by atoms with van der Waals surface area (Å²) in [4.78, 5) is 9.88. The molecule has 0 fully saturated rings. The van der Waals surface area contributed by atoms with Crippen molar-refractivity contribution < 1.29 is 27.5 Å². The van der Waals surface area contributed by atoms with Gasteiger partial charge in [0.25, 0.3) is 0 Å². The van der Waals surface area contributed by atoms with Crippen LogP contribution in [0.25, 0.3) is 0 Å². The van der Waals surface area contributed by atoms with E-state index in [1.54, 1.807) is 0 Å². The second-order valence-electron chi connectivity index (χ2n) is 2.39. The van der Waals surface area contributed by atoms with Crippen molar-refractivity contribution >= 4 is 5.97 Å². The Bertz CT molecular complexity index is 177. The first-order chi connectivity index (χ1) is 5.23. The van der Waals surface area contributed by atoms with Crippen LogP contribution in [0.2, 0.25) is 0 Å². The minimum absolute atomic E-state index is 0.886. The largest absolute Gasteiger partial charge is 0.481 e. The third kappa shape index (κ3) is 2.35. The fourth-order valence-corrected chi connectivity index (χ4v) is 0.665. The maximum absolute atomic E-state index is 12.8. The fraction of sp³-hybridized carbons (Fsp3) is 0.833. The average molecular weight is 188 g/mol. The molecule has 6 heteroatoms. The quantitative estimate of drug-likeness (QED) is 0.689. The van der Waals surface area contributed by atoms with Crippen molar-refractivity contribution in [3.05, 3.63) is 0 Å². The van der Waals surface area contributed by atoms with E-state index in [-0.39, 0.29) is 0 Å². The van der Waals surface area contributed by atoms with E-state index >= 15 is 0 Å². The number of hydrogen-bond donors (Lipinski definition) is 1. The van der Waals surface area contributed by atoms with Crippen molar-refractivity contribution in [3.63, 3.8) is 0 Å². The maximum Gasteiger partial charge on any atom is 0.423 e. The summed E-state index contributed by atoms with van der Waals surface area (Å²) in [6, 6.07) is 0. The highest BCUT2D eigenvalue weighted by Gasteiger charge is 2.55. The highest BCUT2D eigenvalue weighted by atomic mass is 19.4. The van der Waals surface area contributed by atoms with E-state index in [2.05, 4.69) is 0 Å². The summed E-state index contributed by atoms with van der Waals surface area (Å²) >= 11 is 0. The molecule has 0 aliphatic heterocycles. The van der Waals surface area contributed by atoms with Crippen molar-refractivity contribution in [2.75, 3.05) is 0 Å². The Morgan fingerprint density at radius 1 is 1.33 bits per heavy atom. The number of alkyl halides is 4. The van der Waals surface area contributed by atoms with Crippen LogP contribution in [-0.2, 0) is 4.79 Å². The van der Waals surface area contributed by atoms with Gasteiger partial charge >= 0.3 is 12.1 Å². The number of carbonyl (C=O) groups is 1. The number of carboxylic acids is 1. The van der Waals surface area contributed by atoms with Crippen molar-refractivity contribution in [1.29, 1.82) is 0 Å². The molecule has 0 amide bonds. The lowest BCUT2D eigenvalue weighted by Gasteiger charge is -2.24. The van der Waals surface area contributed by atoms with Gasteiger partial charge in [-0.2, -0.15) is 13.2 Å². The van der Waals surface area contributed by atoms with Gasteiger partial charge < -0.3 is 5.11 Å². The lowest BCUT2D eigenvalue weighted by Crippen LogP contribution is -2.42. The Hall–Kier alpha value is -0.810. The molecule has 0 aliphatic carbocycles. The molecular weight excluding hydrogens is 180 g/mol. The highest BCUT2D eigenvalue weighted by Crippen LogP contribution is 2.39. The van der Waals surface area contributed by atoms with Crippen molar-refractivity contribution in [2.24, 2.45) is 0 Å². The van der Waals surface area contributed by atoms with Gasteiger partial charge in [-0.3, -0.25) is 4.79 Å². The van der Waals surface area contributed by atoms with Crippen LogP contribution >= 0.6 is 0 Å². The predicted octanol–water partition coefficient (Wildman–Crippen LogP) is 2.14. The van der Waals surface area contributed by atoms with Crippen LogP contribution in [0, 0.1) is 0 Å². The molecule has 1 unspecified atom stereocenters. The lowest BCUT2D eigenvalue weighted by atomic mass is 9.98. The second kappa shape index (κ2) is 3.28. The molecule has 1 N–H and O–H groups in total. The van der Waals surface area contributed by atoms with Gasteiger partial charge in [-0.25, -0.2) is 4.39 Å². The van der Waals surface area contributed by atoms with Crippen LogP contribution in [0.5, 0.6) is 0 Å². The molecule has 2 nitrogen and oxygen atoms in total. The van der Waals surface area contributed by atoms with E-state index in [0.717, 1.165) is 6.92 Å². The second-order valence-corrected chi connectivity index (χ2v) is 2.39. The first-order valence-electron chi connectivity index (χ1n) is 3.20. The lowest BCUT2D eigenvalue weighted by molar-refractivity contribution is -0.235. The average Bonchev–Trinajstić information content (AvgIpc) is 1.83. The summed E-state index contributed by atoms with van der Waals surface area (Å²) in [5.41, 5.74) is -3.60. The Morgan fingerprint density at radius 3 is 1.83 bits per heavy atom. The summed E-state index contributed by atoms with van der Waals surface area (Å²) in [6.07, 6.45) is -7.53. The maximum atomic E-state index is 12.8. The molecule has 0 heterocycles. The van der Waals surface area contributed by atoms with Crippen molar-refractivity contribution in [2.45, 2.75) is 31.6 Å². The first kappa shape index (κ1) is 11.2. The van der Waals surface area contributed by atoms with Gasteiger partial charge in [0, 0.05) is 0 Å². The molecule has 1 atom stereocenters. The topological polar surface area (TPSA) is 37.3 Å². The van der Waals surface area contributed by atoms with Crippen LogP contribution in [-0.4, -0.2) is 22.9 Å². The van der Waals surface area contributed by atoms with Gasteiger partial charge in [-0.05, 0) is 6.42 Å². The summed E-state index contributed by atoms with van der Waals surface area (Å²) in [6.45, 7) is 0.955. The molecule has 0 saturated carbocycles. The molecule has 72 valence electrons. The smallest absolute Gasteiger partial charge is 0.423 e. The number of hydrogen-bond acceptors (Lipinski definition) is 1. The van der Waals surface area contributed by atoms with Gasteiger partial charge in [0.2, 0.25) is 5.67 Å². The number of aliphatic carboxylic acids is 1. The zero-order chi connectivity index (χ0) is 9.99. The number of rotatable bonds is 3. The van der Waals surface area contributed by atoms with Crippen molar-refractivity contribution in [1.82, 2.24) is 0 Å². The third-order valence-corrected chi connectivity index (χ3v) is 1.50. The van der Waals surface area contributed by atoms with Gasteiger partial charge in [0.1, 0.15) is 0 Å². The van der Waals surface area contributed by atoms with Crippen LogP contribution in [0.3, 0.4) is 0 Å². The van der Waals surface area contributed by atoms with E-state index in [1.165, 1.54) is 0 Å². The van der Waals surface area contributed by atoms with Crippen molar-refractivity contribution in [3.8, 4) is 0 Å². The van der Waals surface area contributed by atoms with E-state index in [9.17, 15) is 22.4 Å². The minimum Gasteiger partial charge on any atom is -0.481 e. The Kier molecular flexibility index (Phi) is 3.06. The molecule has 0 radical (unpaired) electrons. The van der Waals surface area contributed by atoms with Crippen LogP contribution in [0.15, 0.2) is 0 Å². The molecule has 0 aliphatic rings. The molecule has 0 aromatic carbocycles. The number of carboxylic acid groups (broad SMARTS) is 1. The van der Waals surface area contributed by atoms with E-state index < -0.39 is 30.7 Å². The summed E-state index contributed by atoms with van der Waals surface area (Å²) < 4.78 is 48.3. The molecule has 12 heavy (non-hydrogen) atoms. The first-order valence-corrected chi connectivity index (χ1v) is 3.20. The van der Waals surface area contributed by atoms with Gasteiger partial charge in [-0.15, -0.1) is 0 Å². The summed E-state index contributed by atoms with van der Waals surface area (Å²) in [5, 5.41) is 8.00. The molecular formula is C6H8F4O2. The van der Waals surface area contributed by atoms with Crippen LogP contribution in [0.1, 0.15) is 19.8 Å². The van der Waals surface area contributed by atoms with Gasteiger partial charge in [0.15, 0.2) is 0 Å². The summed E-state index contributed by atoms with van der Waals surface area (Å²) in [5.74, 6) is -1.79. The zero-order valence-electron chi connectivity index (χ0n) is 6.28. The van der Waals surface area contributed by atoms with E-state index in [4.69, 9.17) is 5.11 Å². The van der Waals surface area contributed by atoms with Gasteiger partial charge in [0.05, 0.1) is 6.42 Å². The Balaban J connectivity index is 4.56. The van der Waals surface area contributed by atoms with Crippen LogP contribution < -0.4 is 0 Å². The molecule has 0 aromatic rings. The minimum atomic E-state index is -5.11. The molecule has 0 bridgehead atoms. The fourth-order valence-electron chi connectivity index (χ4n) is 0.665. The molecule has 0 saturated heterocycles. The van der Waals surface area contributed by atoms with Gasteiger partial charge in [-0.1, -0.05) is 6.92 Å². The monoisotopic (exact) mass is 188 g/mol. The third-order valence-electron chi connectivity index (χ3n) is 1.50. The standard InChI is InChI=1S/C6H8F4O2/c1-2-5(7,3-4(11)12)6(8,9)10/h2-3H2,1H3,(H,11,12). The number of halogens is 4. The molecule has 0 rings (SSSR count). The predicted molar refractivity (Wildman–Crippen MR) is 32.4 cm³/mol. The highest BCUT2D eigenvalue weighted by molar-refractivity contribution is 5.68. The van der Waals surface area contributed by atoms with E-state index in [0.29, 0.717) is 0 Å². The molecule has 0 aromatic heterocycles. The Morgan fingerprint density at radius 2 is 1.75 bits per heavy atom. The Labute approximate surface area is 66.2 Å². The molecule has 0 spiro atoms.